The number of nitrogens with zero attached hydrogens (tertiary/aromatic N) is 4. The number of oxazole rings is 2. The fourth-order valence-electron chi connectivity index (χ4n) is 3.20. The first-order valence-corrected chi connectivity index (χ1v) is 10.7. The van der Waals surface area contributed by atoms with Crippen molar-refractivity contribution < 1.29 is 23.2 Å². The summed E-state index contributed by atoms with van der Waals surface area (Å²) in [6.45, 7) is 5.81. The molecule has 4 rings (SSSR count). The highest BCUT2D eigenvalue weighted by Crippen LogP contribution is 2.27. The van der Waals surface area contributed by atoms with Crippen LogP contribution in [0.3, 0.4) is 0 Å². The van der Waals surface area contributed by atoms with E-state index in [2.05, 4.69) is 9.97 Å². The average molecular weight is 430 g/mol. The van der Waals surface area contributed by atoms with Gasteiger partial charge in [0.15, 0.2) is 11.3 Å². The maximum absolute atomic E-state index is 12.7. The summed E-state index contributed by atoms with van der Waals surface area (Å²) in [4.78, 5) is 36.5. The Morgan fingerprint density at radius 1 is 1.17 bits per heavy atom. The molecule has 0 atom stereocenters. The number of hydrogen-bond donors (Lipinski definition) is 0. The number of thioether (sulfide) groups is 1. The number of hydrogen-bond acceptors (Lipinski definition) is 8. The molecule has 158 valence electrons. The van der Waals surface area contributed by atoms with E-state index in [4.69, 9.17) is 13.6 Å². The highest BCUT2D eigenvalue weighted by atomic mass is 32.2. The summed E-state index contributed by atoms with van der Waals surface area (Å²) in [5.74, 6) is 0.610. The second-order valence-corrected chi connectivity index (χ2v) is 7.72. The summed E-state index contributed by atoms with van der Waals surface area (Å²) in [5, 5.41) is 0.528. The number of aryl methyl sites for hydroxylation is 1. The molecule has 2 amide bonds. The molecule has 1 aliphatic rings. The van der Waals surface area contributed by atoms with Crippen LogP contribution in [0.2, 0.25) is 0 Å². The van der Waals surface area contributed by atoms with Gasteiger partial charge in [0.05, 0.1) is 12.4 Å². The summed E-state index contributed by atoms with van der Waals surface area (Å²) in [6.07, 6.45) is 1.02. The molecule has 0 N–H and O–H groups in total. The topological polar surface area (TPSA) is 102 Å². The molecule has 1 saturated heterocycles. The number of piperazine rings is 1. The Bertz CT molecular complexity index is 1050. The molecule has 3 aromatic rings. The fourth-order valence-corrected chi connectivity index (χ4v) is 3.88. The van der Waals surface area contributed by atoms with Crippen LogP contribution in [0.5, 0.6) is 0 Å². The van der Waals surface area contributed by atoms with Crippen LogP contribution in [-0.2, 0) is 10.5 Å². The van der Waals surface area contributed by atoms with Crippen LogP contribution in [0.15, 0.2) is 38.5 Å². The van der Waals surface area contributed by atoms with E-state index in [0.29, 0.717) is 49.7 Å². The monoisotopic (exact) mass is 430 g/mol. The number of para-hydroxylation sites is 1. The van der Waals surface area contributed by atoms with E-state index in [1.165, 1.54) is 18.0 Å². The van der Waals surface area contributed by atoms with Gasteiger partial charge in [-0.25, -0.2) is 14.8 Å². The maximum atomic E-state index is 12.7. The number of carbonyl (C=O) groups excluding carboxylic acids is 2. The second-order valence-electron chi connectivity index (χ2n) is 6.79. The largest absolute Gasteiger partial charge is 0.450 e. The zero-order valence-electron chi connectivity index (χ0n) is 16.8. The molecule has 0 aliphatic carbocycles. The summed E-state index contributed by atoms with van der Waals surface area (Å²) < 4.78 is 16.2. The molecule has 9 nitrogen and oxygen atoms in total. The van der Waals surface area contributed by atoms with Crippen LogP contribution in [0, 0.1) is 6.92 Å². The molecule has 0 radical (unpaired) electrons. The van der Waals surface area contributed by atoms with Crippen LogP contribution in [0.1, 0.15) is 28.9 Å². The lowest BCUT2D eigenvalue weighted by atomic mass is 10.2. The van der Waals surface area contributed by atoms with E-state index in [1.807, 2.05) is 25.1 Å². The number of carbonyl (C=O) groups is 2. The van der Waals surface area contributed by atoms with Crippen LogP contribution in [0.4, 0.5) is 4.79 Å². The lowest BCUT2D eigenvalue weighted by Crippen LogP contribution is -2.50. The van der Waals surface area contributed by atoms with Gasteiger partial charge in [0, 0.05) is 26.2 Å². The third kappa shape index (κ3) is 4.28. The lowest BCUT2D eigenvalue weighted by molar-refractivity contribution is 0.0566. The lowest BCUT2D eigenvalue weighted by Gasteiger charge is -2.33. The SMILES string of the molecule is CCOC(=O)N1CCN(C(=O)c2coc(CSc3nc4c(C)cccc4o3)n2)CC1. The molecule has 2 aromatic heterocycles. The molecule has 0 unspecified atom stereocenters. The van der Waals surface area contributed by atoms with Gasteiger partial charge in [-0.15, -0.1) is 0 Å². The number of rotatable bonds is 5. The van der Waals surface area contributed by atoms with Gasteiger partial charge in [0.25, 0.3) is 11.1 Å². The Morgan fingerprint density at radius 3 is 2.67 bits per heavy atom. The molecular formula is C20H22N4O5S. The Kier molecular flexibility index (Phi) is 5.93. The normalized spacial score (nSPS) is 14.3. The maximum Gasteiger partial charge on any atom is 0.409 e. The number of amides is 2. The number of fused-ring (bicyclic) bond motifs is 1. The minimum Gasteiger partial charge on any atom is -0.450 e. The average Bonchev–Trinajstić information content (AvgIpc) is 3.40. The smallest absolute Gasteiger partial charge is 0.409 e. The van der Waals surface area contributed by atoms with E-state index in [0.717, 1.165) is 16.7 Å². The first-order valence-electron chi connectivity index (χ1n) is 9.69. The predicted octanol–water partition coefficient (Wildman–Crippen LogP) is 3.33. The Balaban J connectivity index is 1.33. The zero-order chi connectivity index (χ0) is 21.1. The van der Waals surface area contributed by atoms with Crippen molar-refractivity contribution in [1.82, 2.24) is 19.8 Å². The molecule has 1 aliphatic heterocycles. The van der Waals surface area contributed by atoms with Crippen molar-refractivity contribution in [1.29, 1.82) is 0 Å². The number of aromatic nitrogens is 2. The quantitative estimate of drug-likeness (QED) is 0.568. The molecule has 1 aromatic carbocycles. The van der Waals surface area contributed by atoms with Crippen LogP contribution in [-0.4, -0.2) is 64.6 Å². The third-order valence-corrected chi connectivity index (χ3v) is 5.60. The molecule has 0 bridgehead atoms. The van der Waals surface area contributed by atoms with Crippen molar-refractivity contribution in [2.45, 2.75) is 24.8 Å². The van der Waals surface area contributed by atoms with E-state index in [9.17, 15) is 9.59 Å². The van der Waals surface area contributed by atoms with Crippen molar-refractivity contribution >= 4 is 34.9 Å². The molecule has 1 fully saturated rings. The molecule has 0 saturated carbocycles. The summed E-state index contributed by atoms with van der Waals surface area (Å²) >= 11 is 1.36. The van der Waals surface area contributed by atoms with Gasteiger partial charge in [0.1, 0.15) is 11.8 Å². The molecule has 30 heavy (non-hydrogen) atoms. The minimum atomic E-state index is -0.347. The third-order valence-electron chi connectivity index (χ3n) is 4.78. The van der Waals surface area contributed by atoms with Crippen molar-refractivity contribution in [2.24, 2.45) is 0 Å². The minimum absolute atomic E-state index is 0.212. The van der Waals surface area contributed by atoms with Gasteiger partial charge in [-0.1, -0.05) is 23.9 Å². The van der Waals surface area contributed by atoms with Crippen molar-refractivity contribution in [3.05, 3.63) is 41.6 Å². The molecule has 0 spiro atoms. The predicted molar refractivity (Wildman–Crippen MR) is 109 cm³/mol. The van der Waals surface area contributed by atoms with Gasteiger partial charge < -0.3 is 23.4 Å². The highest BCUT2D eigenvalue weighted by Gasteiger charge is 2.27. The Hall–Kier alpha value is -3.01. The van der Waals surface area contributed by atoms with E-state index >= 15 is 0 Å². The first kappa shape index (κ1) is 20.3. The van der Waals surface area contributed by atoms with Gasteiger partial charge in [0.2, 0.25) is 5.89 Å². The summed E-state index contributed by atoms with van der Waals surface area (Å²) in [7, 11) is 0. The number of benzene rings is 1. The second kappa shape index (κ2) is 8.78. The van der Waals surface area contributed by atoms with Crippen molar-refractivity contribution in [2.75, 3.05) is 32.8 Å². The summed E-state index contributed by atoms with van der Waals surface area (Å²) in [5.41, 5.74) is 2.88. The van der Waals surface area contributed by atoms with Crippen LogP contribution >= 0.6 is 11.8 Å². The van der Waals surface area contributed by atoms with Gasteiger partial charge in [-0.3, -0.25) is 4.79 Å². The van der Waals surface area contributed by atoms with Crippen LogP contribution in [0.25, 0.3) is 11.1 Å². The number of ether oxygens (including phenoxy) is 1. The summed E-state index contributed by atoms with van der Waals surface area (Å²) in [6, 6.07) is 5.79. The van der Waals surface area contributed by atoms with Crippen molar-refractivity contribution in [3.63, 3.8) is 0 Å². The van der Waals surface area contributed by atoms with E-state index in [1.54, 1.807) is 16.7 Å². The zero-order valence-corrected chi connectivity index (χ0v) is 17.6. The molecule has 3 heterocycles. The molecular weight excluding hydrogens is 408 g/mol. The van der Waals surface area contributed by atoms with Crippen molar-refractivity contribution in [3.8, 4) is 0 Å². The fraction of sp³-hybridized carbons (Fsp3) is 0.400. The van der Waals surface area contributed by atoms with Gasteiger partial charge in [-0.2, -0.15) is 0 Å². The Morgan fingerprint density at radius 2 is 1.93 bits per heavy atom. The standard InChI is InChI=1S/C20H22N4O5S/c1-3-27-20(26)24-9-7-23(8-10-24)18(25)14-11-28-16(21-14)12-30-19-22-17-13(2)5-4-6-15(17)29-19/h4-6,11H,3,7-10,12H2,1-2H3. The van der Waals surface area contributed by atoms with E-state index < -0.39 is 0 Å². The first-order chi connectivity index (χ1) is 14.5. The van der Waals surface area contributed by atoms with Crippen LogP contribution < -0.4 is 0 Å². The van der Waals surface area contributed by atoms with Gasteiger partial charge in [-0.05, 0) is 25.5 Å². The Labute approximate surface area is 177 Å². The molecule has 10 heteroatoms. The van der Waals surface area contributed by atoms with E-state index in [-0.39, 0.29) is 17.7 Å². The highest BCUT2D eigenvalue weighted by molar-refractivity contribution is 7.98. The van der Waals surface area contributed by atoms with Gasteiger partial charge >= 0.3 is 6.09 Å².